The molecule has 0 aliphatic rings. The Morgan fingerprint density at radius 2 is 1.41 bits per heavy atom. The second-order valence-electron chi connectivity index (χ2n) is 14.2. The van der Waals surface area contributed by atoms with Crippen LogP contribution < -0.4 is 21.7 Å². The van der Waals surface area contributed by atoms with Gasteiger partial charge < -0.3 is 31.7 Å². The number of H-pyrrole nitrogens is 4. The zero-order valence-electron chi connectivity index (χ0n) is 31.5. The van der Waals surface area contributed by atoms with Crippen LogP contribution in [0.4, 0.5) is 34.5 Å². The van der Waals surface area contributed by atoms with Crippen molar-refractivity contribution in [3.63, 3.8) is 0 Å². The number of anilines is 6. The summed E-state index contributed by atoms with van der Waals surface area (Å²) in [7, 11) is 0. The van der Waals surface area contributed by atoms with Gasteiger partial charge in [0.1, 0.15) is 22.4 Å². The van der Waals surface area contributed by atoms with Gasteiger partial charge in [-0.25, -0.2) is 19.9 Å². The number of halogens is 1. The molecule has 4 aromatic carbocycles. The maximum absolute atomic E-state index is 13.2. The van der Waals surface area contributed by atoms with Crippen molar-refractivity contribution in [3.8, 4) is 34.0 Å². The molecule has 11 aromatic rings. The lowest BCUT2D eigenvalue weighted by Gasteiger charge is -2.17. The minimum Gasteiger partial charge on any atom is -0.385 e. The number of aromatic amines is 4. The van der Waals surface area contributed by atoms with E-state index in [9.17, 15) is 4.79 Å². The fraction of sp³-hybridized carbons (Fsp3) is 0. The van der Waals surface area contributed by atoms with E-state index in [0.717, 1.165) is 49.3 Å². The second-order valence-corrected chi connectivity index (χ2v) is 14.6. The molecule has 0 aliphatic carbocycles. The number of amides is 1. The zero-order valence-corrected chi connectivity index (χ0v) is 32.2. The van der Waals surface area contributed by atoms with Crippen LogP contribution in [0.5, 0.6) is 0 Å². The first kappa shape index (κ1) is 35.5. The summed E-state index contributed by atoms with van der Waals surface area (Å²) in [5, 5.41) is 35.7. The van der Waals surface area contributed by atoms with E-state index in [2.05, 4.69) is 61.5 Å². The highest BCUT2D eigenvalue weighted by Gasteiger charge is 2.21. The SMILES string of the molecule is Nc1cc2ccc(-c3nccc(Nc4cc5cn[nH]c5cc4-c4nc(-c5ccc6cc(C(=O)Nc7ccnnc7)[nH]c6c5)nc(Nc5ccc6[nH]ncc6c5)c4Cl)n3)cc2[nH]1. The molecule has 11 rings (SSSR count). The molecule has 294 valence electrons. The number of aromatic nitrogens is 12. The normalized spacial score (nSPS) is 11.5. The van der Waals surface area contributed by atoms with Gasteiger partial charge in [-0.2, -0.15) is 20.4 Å². The number of hydrogen-bond acceptors (Lipinski definition) is 12. The number of carbonyl (C=O) groups is 1. The maximum Gasteiger partial charge on any atom is 0.272 e. The average molecular weight is 821 g/mol. The number of nitrogens with one attached hydrogen (secondary N) is 7. The molecule has 18 heteroatoms. The lowest BCUT2D eigenvalue weighted by atomic mass is 10.1. The summed E-state index contributed by atoms with van der Waals surface area (Å²) in [6.07, 6.45) is 8.17. The van der Waals surface area contributed by atoms with Crippen molar-refractivity contribution in [1.82, 2.24) is 60.5 Å². The van der Waals surface area contributed by atoms with Crippen molar-refractivity contribution in [3.05, 3.63) is 133 Å². The van der Waals surface area contributed by atoms with E-state index in [-0.39, 0.29) is 10.9 Å². The largest absolute Gasteiger partial charge is 0.385 e. The van der Waals surface area contributed by atoms with E-state index in [0.29, 0.717) is 68.5 Å². The topological polar surface area (TPSA) is 245 Å². The molecular weight excluding hydrogens is 792 g/mol. The summed E-state index contributed by atoms with van der Waals surface area (Å²) in [6, 6.07) is 28.4. The van der Waals surface area contributed by atoms with Gasteiger partial charge in [-0.05, 0) is 66.7 Å². The maximum atomic E-state index is 13.2. The number of carbonyl (C=O) groups excluding carboxylic acids is 1. The zero-order chi connectivity index (χ0) is 41.0. The fourth-order valence-corrected chi connectivity index (χ4v) is 7.46. The minimum atomic E-state index is -0.325. The minimum absolute atomic E-state index is 0.269. The van der Waals surface area contributed by atoms with E-state index in [1.807, 2.05) is 72.8 Å². The van der Waals surface area contributed by atoms with Gasteiger partial charge in [0, 0.05) is 66.8 Å². The number of fused-ring (bicyclic) bond motifs is 4. The molecule has 0 radical (unpaired) electrons. The van der Waals surface area contributed by atoms with Gasteiger partial charge in [-0.15, -0.1) is 0 Å². The molecule has 0 unspecified atom stereocenters. The Kier molecular flexibility index (Phi) is 8.31. The van der Waals surface area contributed by atoms with E-state index >= 15 is 0 Å². The van der Waals surface area contributed by atoms with Gasteiger partial charge in [-0.1, -0.05) is 35.9 Å². The Morgan fingerprint density at radius 3 is 2.25 bits per heavy atom. The van der Waals surface area contributed by atoms with Crippen LogP contribution in [0.1, 0.15) is 10.5 Å². The summed E-state index contributed by atoms with van der Waals surface area (Å²) in [6.45, 7) is 0. The number of nitrogens with two attached hydrogens (primary N) is 1. The van der Waals surface area contributed by atoms with Crippen molar-refractivity contribution < 1.29 is 4.79 Å². The molecule has 0 spiro atoms. The first-order chi connectivity index (χ1) is 29.9. The molecule has 7 heterocycles. The van der Waals surface area contributed by atoms with Gasteiger partial charge in [0.05, 0.1) is 47.2 Å². The predicted octanol–water partition coefficient (Wildman–Crippen LogP) is 8.75. The van der Waals surface area contributed by atoms with E-state index in [1.54, 1.807) is 36.8 Å². The van der Waals surface area contributed by atoms with Crippen LogP contribution in [-0.4, -0.2) is 66.4 Å². The average Bonchev–Trinajstić information content (AvgIpc) is 4.10. The predicted molar refractivity (Wildman–Crippen MR) is 236 cm³/mol. The number of rotatable bonds is 9. The Labute approximate surface area is 348 Å². The fourth-order valence-electron chi connectivity index (χ4n) is 7.23. The molecule has 0 aliphatic heterocycles. The van der Waals surface area contributed by atoms with E-state index in [4.69, 9.17) is 32.3 Å². The van der Waals surface area contributed by atoms with Crippen molar-refractivity contribution in [2.75, 3.05) is 21.7 Å². The van der Waals surface area contributed by atoms with E-state index in [1.165, 1.54) is 12.4 Å². The van der Waals surface area contributed by atoms with Crippen molar-refractivity contribution in [2.24, 2.45) is 0 Å². The molecule has 9 N–H and O–H groups in total. The van der Waals surface area contributed by atoms with Crippen LogP contribution in [0.3, 0.4) is 0 Å². The molecular formula is C43H29ClN16O. The lowest BCUT2D eigenvalue weighted by molar-refractivity contribution is 0.102. The quantitative estimate of drug-likeness (QED) is 0.0681. The van der Waals surface area contributed by atoms with Crippen molar-refractivity contribution in [1.29, 1.82) is 0 Å². The van der Waals surface area contributed by atoms with Crippen LogP contribution in [0.2, 0.25) is 5.02 Å². The van der Waals surface area contributed by atoms with Gasteiger partial charge in [-0.3, -0.25) is 15.0 Å². The summed E-state index contributed by atoms with van der Waals surface area (Å²) < 4.78 is 0. The molecule has 0 saturated heterocycles. The van der Waals surface area contributed by atoms with Crippen molar-refractivity contribution >= 4 is 95.6 Å². The van der Waals surface area contributed by atoms with Crippen LogP contribution in [0.15, 0.2) is 122 Å². The van der Waals surface area contributed by atoms with Gasteiger partial charge in [0.2, 0.25) is 0 Å². The molecule has 1 amide bonds. The number of nitrogen functional groups attached to an aromatic ring is 1. The summed E-state index contributed by atoms with van der Waals surface area (Å²) in [5.74, 6) is 2.04. The third-order valence-corrected chi connectivity index (χ3v) is 10.5. The smallest absolute Gasteiger partial charge is 0.272 e. The number of hydrogen-bond donors (Lipinski definition) is 8. The summed E-state index contributed by atoms with van der Waals surface area (Å²) in [5.41, 5.74) is 14.1. The Hall–Kier alpha value is -8.70. The number of nitrogens with zero attached hydrogens (tertiary/aromatic N) is 8. The molecule has 17 nitrogen and oxygen atoms in total. The highest BCUT2D eigenvalue weighted by Crippen LogP contribution is 2.41. The molecule has 0 bridgehead atoms. The van der Waals surface area contributed by atoms with Crippen molar-refractivity contribution in [2.45, 2.75) is 0 Å². The van der Waals surface area contributed by atoms with E-state index < -0.39 is 0 Å². The van der Waals surface area contributed by atoms with Gasteiger partial charge in [0.15, 0.2) is 17.5 Å². The molecule has 0 saturated carbocycles. The van der Waals surface area contributed by atoms with Crippen LogP contribution in [0.25, 0.3) is 77.6 Å². The molecule has 0 atom stereocenters. The Bertz CT molecular complexity index is 3480. The Morgan fingerprint density at radius 1 is 0.623 bits per heavy atom. The van der Waals surface area contributed by atoms with Gasteiger partial charge >= 0.3 is 0 Å². The highest BCUT2D eigenvalue weighted by molar-refractivity contribution is 6.36. The number of benzene rings is 4. The highest BCUT2D eigenvalue weighted by atomic mass is 35.5. The third-order valence-electron chi connectivity index (χ3n) is 10.2. The first-order valence-electron chi connectivity index (χ1n) is 18.8. The standard InChI is InChI=1S/C43H29ClN16O/c44-38-39(29-17-33-26(19-50-60-33)15-34(29)55-37-8-9-46-40(56-37)23-3-2-22-16-36(45)54-32(22)13-23)57-41(58-42(38)51-27-5-6-30-25(11-27)18-49-59-30)24-4-1-21-12-35(53-31(21)14-24)43(61)52-28-7-10-47-48-20-28/h1-20,53-54H,45H2,(H,49,59)(H,50,60)(H,46,55,56)(H,47,52,61)(H,51,57,58). The lowest BCUT2D eigenvalue weighted by Crippen LogP contribution is -2.12. The summed E-state index contributed by atoms with van der Waals surface area (Å²) >= 11 is 7.35. The molecule has 7 aromatic heterocycles. The molecule has 0 fully saturated rings. The molecule has 61 heavy (non-hydrogen) atoms. The van der Waals surface area contributed by atoms with Crippen LogP contribution >= 0.6 is 11.6 Å². The monoisotopic (exact) mass is 820 g/mol. The van der Waals surface area contributed by atoms with Crippen LogP contribution in [0, 0.1) is 0 Å². The first-order valence-corrected chi connectivity index (χ1v) is 19.2. The van der Waals surface area contributed by atoms with Gasteiger partial charge in [0.25, 0.3) is 5.91 Å². The third kappa shape index (κ3) is 6.71. The van der Waals surface area contributed by atoms with Crippen LogP contribution in [-0.2, 0) is 0 Å². The Balaban J connectivity index is 1.02. The summed E-state index contributed by atoms with van der Waals surface area (Å²) in [4.78, 5) is 39.1. The second kappa shape index (κ2) is 14.3.